The minimum atomic E-state index is -0.904. The largest absolute Gasteiger partial charge is 0.482 e. The molecule has 0 aromatic heterocycles. The van der Waals surface area contributed by atoms with E-state index in [1.165, 1.54) is 6.92 Å². The van der Waals surface area contributed by atoms with Crippen molar-refractivity contribution in [2.24, 2.45) is 0 Å². The van der Waals surface area contributed by atoms with Crippen LogP contribution in [0.15, 0.2) is 48.5 Å². The molecule has 0 aliphatic carbocycles. The fourth-order valence-corrected chi connectivity index (χ4v) is 2.24. The Morgan fingerprint density at radius 3 is 2.44 bits per heavy atom. The van der Waals surface area contributed by atoms with E-state index in [2.05, 4.69) is 5.32 Å². The summed E-state index contributed by atoms with van der Waals surface area (Å²) in [4.78, 5) is 24.0. The summed E-state index contributed by atoms with van der Waals surface area (Å²) in [6.45, 7) is 5.27. The molecule has 0 spiro atoms. The fraction of sp³-hybridized carbons (Fsp3) is 0.300. The number of hydrogen-bond donors (Lipinski definition) is 1. The minimum Gasteiger partial charge on any atom is -0.482 e. The molecule has 25 heavy (non-hydrogen) atoms. The number of anilines is 1. The SMILES string of the molecule is CCc1ccccc1OCC(=O)O[C@H](C)C(=O)Nc1ccc(C)cc1. The second kappa shape index (κ2) is 8.87. The van der Waals surface area contributed by atoms with Crippen LogP contribution in [0, 0.1) is 6.92 Å². The highest BCUT2D eigenvalue weighted by molar-refractivity contribution is 5.95. The number of hydrogen-bond acceptors (Lipinski definition) is 4. The van der Waals surface area contributed by atoms with Crippen LogP contribution in [-0.2, 0) is 20.7 Å². The molecule has 0 saturated heterocycles. The van der Waals surface area contributed by atoms with Crippen LogP contribution in [0.2, 0.25) is 0 Å². The van der Waals surface area contributed by atoms with E-state index in [4.69, 9.17) is 9.47 Å². The molecule has 1 amide bonds. The van der Waals surface area contributed by atoms with E-state index >= 15 is 0 Å². The third-order valence-electron chi connectivity index (χ3n) is 3.70. The Balaban J connectivity index is 1.82. The molecule has 5 heteroatoms. The van der Waals surface area contributed by atoms with Crippen molar-refractivity contribution in [3.05, 3.63) is 59.7 Å². The van der Waals surface area contributed by atoms with Crippen molar-refractivity contribution in [3.63, 3.8) is 0 Å². The standard InChI is InChI=1S/C20H23NO4/c1-4-16-7-5-6-8-18(16)24-13-19(22)25-15(3)20(23)21-17-11-9-14(2)10-12-17/h5-12,15H,4,13H2,1-3H3,(H,21,23)/t15-/m1/s1. The first-order valence-electron chi connectivity index (χ1n) is 8.27. The quantitative estimate of drug-likeness (QED) is 0.783. The van der Waals surface area contributed by atoms with Gasteiger partial charge in [0.2, 0.25) is 0 Å². The van der Waals surface area contributed by atoms with Crippen LogP contribution >= 0.6 is 0 Å². The van der Waals surface area contributed by atoms with Crippen molar-refractivity contribution in [2.45, 2.75) is 33.3 Å². The zero-order chi connectivity index (χ0) is 18.2. The van der Waals surface area contributed by atoms with Gasteiger partial charge in [-0.25, -0.2) is 4.79 Å². The molecular weight excluding hydrogens is 318 g/mol. The number of carbonyl (C=O) groups excluding carboxylic acids is 2. The molecule has 1 atom stereocenters. The highest BCUT2D eigenvalue weighted by Crippen LogP contribution is 2.18. The summed E-state index contributed by atoms with van der Waals surface area (Å²) < 4.78 is 10.6. The van der Waals surface area contributed by atoms with Crippen LogP contribution in [-0.4, -0.2) is 24.6 Å². The third kappa shape index (κ3) is 5.64. The third-order valence-corrected chi connectivity index (χ3v) is 3.70. The molecule has 0 heterocycles. The molecule has 0 unspecified atom stereocenters. The first-order valence-corrected chi connectivity index (χ1v) is 8.27. The van der Waals surface area contributed by atoms with Gasteiger partial charge in [0.25, 0.3) is 5.91 Å². The monoisotopic (exact) mass is 341 g/mol. The molecule has 0 saturated carbocycles. The molecule has 0 aliphatic heterocycles. The van der Waals surface area contributed by atoms with Gasteiger partial charge in [-0.3, -0.25) is 4.79 Å². The average molecular weight is 341 g/mol. The lowest BCUT2D eigenvalue weighted by Gasteiger charge is -2.14. The molecule has 5 nitrogen and oxygen atoms in total. The maximum atomic E-state index is 12.1. The summed E-state index contributed by atoms with van der Waals surface area (Å²) in [5.41, 5.74) is 2.77. The van der Waals surface area contributed by atoms with Gasteiger partial charge in [0.15, 0.2) is 12.7 Å². The molecule has 132 valence electrons. The van der Waals surface area contributed by atoms with E-state index in [1.54, 1.807) is 18.2 Å². The van der Waals surface area contributed by atoms with Gasteiger partial charge in [-0.05, 0) is 44.0 Å². The van der Waals surface area contributed by atoms with E-state index in [0.29, 0.717) is 11.4 Å². The van der Waals surface area contributed by atoms with Crippen LogP contribution in [0.1, 0.15) is 25.0 Å². The number of carbonyl (C=O) groups is 2. The van der Waals surface area contributed by atoms with Crippen LogP contribution < -0.4 is 10.1 Å². The molecule has 0 radical (unpaired) electrons. The van der Waals surface area contributed by atoms with Crippen molar-refractivity contribution in [1.82, 2.24) is 0 Å². The summed E-state index contributed by atoms with van der Waals surface area (Å²) in [6.07, 6.45) is -0.0977. The van der Waals surface area contributed by atoms with Gasteiger partial charge in [0, 0.05) is 5.69 Å². The minimum absolute atomic E-state index is 0.237. The van der Waals surface area contributed by atoms with Crippen molar-refractivity contribution < 1.29 is 19.1 Å². The van der Waals surface area contributed by atoms with Crippen molar-refractivity contribution in [3.8, 4) is 5.75 Å². The van der Waals surface area contributed by atoms with E-state index in [1.807, 2.05) is 44.2 Å². The average Bonchev–Trinajstić information content (AvgIpc) is 2.62. The zero-order valence-electron chi connectivity index (χ0n) is 14.7. The predicted octanol–water partition coefficient (Wildman–Crippen LogP) is 3.51. The number of para-hydroxylation sites is 1. The molecule has 1 N–H and O–H groups in total. The smallest absolute Gasteiger partial charge is 0.344 e. The summed E-state index contributed by atoms with van der Waals surface area (Å²) in [6, 6.07) is 14.9. The van der Waals surface area contributed by atoms with Crippen LogP contribution in [0.25, 0.3) is 0 Å². The van der Waals surface area contributed by atoms with E-state index in [9.17, 15) is 9.59 Å². The van der Waals surface area contributed by atoms with Gasteiger partial charge in [0.1, 0.15) is 5.75 Å². The highest BCUT2D eigenvalue weighted by atomic mass is 16.6. The Bertz CT molecular complexity index is 725. The summed E-state index contributed by atoms with van der Waals surface area (Å²) in [5, 5.41) is 2.71. The number of amides is 1. The Kier molecular flexibility index (Phi) is 6.57. The Morgan fingerprint density at radius 1 is 1.08 bits per heavy atom. The second-order valence-corrected chi connectivity index (χ2v) is 5.74. The lowest BCUT2D eigenvalue weighted by molar-refractivity contribution is -0.155. The summed E-state index contributed by atoms with van der Waals surface area (Å²) in [7, 11) is 0. The van der Waals surface area contributed by atoms with Gasteiger partial charge in [-0.2, -0.15) is 0 Å². The topological polar surface area (TPSA) is 64.6 Å². The lowest BCUT2D eigenvalue weighted by Crippen LogP contribution is -2.31. The fourth-order valence-electron chi connectivity index (χ4n) is 2.24. The highest BCUT2D eigenvalue weighted by Gasteiger charge is 2.18. The molecule has 2 aromatic carbocycles. The molecule has 0 bridgehead atoms. The number of nitrogens with one attached hydrogen (secondary N) is 1. The Hall–Kier alpha value is -2.82. The van der Waals surface area contributed by atoms with Crippen LogP contribution in [0.5, 0.6) is 5.75 Å². The van der Waals surface area contributed by atoms with Crippen molar-refractivity contribution >= 4 is 17.6 Å². The molecule has 0 aliphatic rings. The Labute approximate surface area is 148 Å². The first kappa shape index (κ1) is 18.5. The first-order chi connectivity index (χ1) is 12.0. The molecule has 2 aromatic rings. The Morgan fingerprint density at radius 2 is 1.76 bits per heavy atom. The number of esters is 1. The van der Waals surface area contributed by atoms with Gasteiger partial charge < -0.3 is 14.8 Å². The van der Waals surface area contributed by atoms with Gasteiger partial charge in [0.05, 0.1) is 0 Å². The maximum absolute atomic E-state index is 12.1. The van der Waals surface area contributed by atoms with E-state index in [-0.39, 0.29) is 12.5 Å². The predicted molar refractivity (Wildman–Crippen MR) is 96.7 cm³/mol. The van der Waals surface area contributed by atoms with Crippen molar-refractivity contribution in [1.29, 1.82) is 0 Å². The number of benzene rings is 2. The van der Waals surface area contributed by atoms with Gasteiger partial charge >= 0.3 is 5.97 Å². The van der Waals surface area contributed by atoms with Gasteiger partial charge in [-0.15, -0.1) is 0 Å². The maximum Gasteiger partial charge on any atom is 0.344 e. The lowest BCUT2D eigenvalue weighted by atomic mass is 10.1. The molecule has 2 rings (SSSR count). The van der Waals surface area contributed by atoms with Crippen molar-refractivity contribution in [2.75, 3.05) is 11.9 Å². The second-order valence-electron chi connectivity index (χ2n) is 5.74. The summed E-state index contributed by atoms with van der Waals surface area (Å²) >= 11 is 0. The van der Waals surface area contributed by atoms with Crippen LogP contribution in [0.3, 0.4) is 0 Å². The number of ether oxygens (including phenoxy) is 2. The summed E-state index contributed by atoms with van der Waals surface area (Å²) in [5.74, 6) is -0.317. The normalized spacial score (nSPS) is 11.5. The zero-order valence-corrected chi connectivity index (χ0v) is 14.7. The van der Waals surface area contributed by atoms with E-state index < -0.39 is 12.1 Å². The number of aryl methyl sites for hydroxylation is 2. The van der Waals surface area contributed by atoms with Crippen LogP contribution in [0.4, 0.5) is 5.69 Å². The number of rotatable bonds is 7. The molecular formula is C20H23NO4. The van der Waals surface area contributed by atoms with E-state index in [0.717, 1.165) is 17.5 Å². The molecule has 0 fully saturated rings. The van der Waals surface area contributed by atoms with Gasteiger partial charge in [-0.1, -0.05) is 42.8 Å².